The Bertz CT molecular complexity index is 388. The van der Waals surface area contributed by atoms with Gasteiger partial charge in [-0.1, -0.05) is 12.1 Å². The standard InChI is InChI=1S/C16H24FNO/c1-13(18-9-7-15(12-19)8-10-18)5-6-14-3-2-4-16(17)11-14/h2-4,11,13,15,19H,5-10,12H2,1H3/t13-/m0/s1. The van der Waals surface area contributed by atoms with Crippen LogP contribution in [0.3, 0.4) is 0 Å². The lowest BCUT2D eigenvalue weighted by molar-refractivity contribution is 0.103. The minimum Gasteiger partial charge on any atom is -0.396 e. The molecule has 0 unspecified atom stereocenters. The van der Waals surface area contributed by atoms with Crippen molar-refractivity contribution in [2.45, 2.75) is 38.6 Å². The zero-order valence-electron chi connectivity index (χ0n) is 11.7. The molecule has 1 aliphatic heterocycles. The van der Waals surface area contributed by atoms with E-state index in [0.717, 1.165) is 44.3 Å². The van der Waals surface area contributed by atoms with E-state index in [1.807, 2.05) is 6.07 Å². The van der Waals surface area contributed by atoms with Crippen molar-refractivity contribution in [1.82, 2.24) is 4.90 Å². The fourth-order valence-electron chi connectivity index (χ4n) is 2.83. The molecule has 1 heterocycles. The molecule has 2 rings (SSSR count). The van der Waals surface area contributed by atoms with Gasteiger partial charge in [-0.05, 0) is 69.3 Å². The second-order valence-electron chi connectivity index (χ2n) is 5.68. The summed E-state index contributed by atoms with van der Waals surface area (Å²) in [5, 5.41) is 9.14. The Kier molecular flexibility index (Phi) is 5.34. The summed E-state index contributed by atoms with van der Waals surface area (Å²) in [5.41, 5.74) is 1.08. The Morgan fingerprint density at radius 3 is 2.74 bits per heavy atom. The first-order valence-electron chi connectivity index (χ1n) is 7.28. The van der Waals surface area contributed by atoms with Gasteiger partial charge in [0.15, 0.2) is 0 Å². The lowest BCUT2D eigenvalue weighted by atomic mass is 9.95. The van der Waals surface area contributed by atoms with Crippen LogP contribution in [-0.2, 0) is 6.42 Å². The van der Waals surface area contributed by atoms with Crippen LogP contribution in [0.25, 0.3) is 0 Å². The second kappa shape index (κ2) is 7.01. The van der Waals surface area contributed by atoms with Crippen molar-refractivity contribution >= 4 is 0 Å². The number of aryl methyl sites for hydroxylation is 1. The molecular weight excluding hydrogens is 241 g/mol. The highest BCUT2D eigenvalue weighted by atomic mass is 19.1. The fourth-order valence-corrected chi connectivity index (χ4v) is 2.83. The van der Waals surface area contributed by atoms with Gasteiger partial charge in [-0.15, -0.1) is 0 Å². The second-order valence-corrected chi connectivity index (χ2v) is 5.68. The van der Waals surface area contributed by atoms with Crippen LogP contribution in [-0.4, -0.2) is 35.7 Å². The van der Waals surface area contributed by atoms with Gasteiger partial charge in [-0.3, -0.25) is 0 Å². The van der Waals surface area contributed by atoms with Crippen molar-refractivity contribution in [3.8, 4) is 0 Å². The Labute approximate surface area is 115 Å². The molecule has 0 aromatic heterocycles. The fraction of sp³-hybridized carbons (Fsp3) is 0.625. The van der Waals surface area contributed by atoms with E-state index in [0.29, 0.717) is 18.6 Å². The van der Waals surface area contributed by atoms with Gasteiger partial charge in [-0.25, -0.2) is 4.39 Å². The quantitative estimate of drug-likeness (QED) is 0.885. The summed E-state index contributed by atoms with van der Waals surface area (Å²) >= 11 is 0. The van der Waals surface area contributed by atoms with E-state index < -0.39 is 0 Å². The van der Waals surface area contributed by atoms with Crippen LogP contribution in [0, 0.1) is 11.7 Å². The van der Waals surface area contributed by atoms with Gasteiger partial charge in [0.1, 0.15) is 5.82 Å². The maximum Gasteiger partial charge on any atom is 0.123 e. The molecule has 1 saturated heterocycles. The summed E-state index contributed by atoms with van der Waals surface area (Å²) in [7, 11) is 0. The zero-order chi connectivity index (χ0) is 13.7. The monoisotopic (exact) mass is 265 g/mol. The zero-order valence-corrected chi connectivity index (χ0v) is 11.7. The van der Waals surface area contributed by atoms with Crippen LogP contribution in [0.4, 0.5) is 4.39 Å². The Hall–Kier alpha value is -0.930. The number of nitrogens with zero attached hydrogens (tertiary/aromatic N) is 1. The Morgan fingerprint density at radius 1 is 1.37 bits per heavy atom. The van der Waals surface area contributed by atoms with Crippen molar-refractivity contribution in [2.75, 3.05) is 19.7 Å². The lowest BCUT2D eigenvalue weighted by Crippen LogP contribution is -2.40. The number of rotatable bonds is 5. The molecule has 0 radical (unpaired) electrons. The van der Waals surface area contributed by atoms with Crippen LogP contribution in [0.5, 0.6) is 0 Å². The smallest absolute Gasteiger partial charge is 0.123 e. The molecule has 2 nitrogen and oxygen atoms in total. The molecule has 0 spiro atoms. The predicted octanol–water partition coefficient (Wildman–Crippen LogP) is 2.85. The lowest BCUT2D eigenvalue weighted by Gasteiger charge is -2.35. The number of benzene rings is 1. The molecule has 0 bridgehead atoms. The predicted molar refractivity (Wildman–Crippen MR) is 75.6 cm³/mol. The van der Waals surface area contributed by atoms with E-state index in [1.165, 1.54) is 6.07 Å². The topological polar surface area (TPSA) is 23.5 Å². The summed E-state index contributed by atoms with van der Waals surface area (Å²) < 4.78 is 13.1. The van der Waals surface area contributed by atoms with E-state index in [1.54, 1.807) is 12.1 Å². The SMILES string of the molecule is C[C@@H](CCc1cccc(F)c1)N1CCC(CO)CC1. The van der Waals surface area contributed by atoms with E-state index in [2.05, 4.69) is 11.8 Å². The first-order valence-corrected chi connectivity index (χ1v) is 7.28. The molecule has 1 N–H and O–H groups in total. The molecule has 19 heavy (non-hydrogen) atoms. The molecule has 1 aromatic carbocycles. The van der Waals surface area contributed by atoms with Crippen molar-refractivity contribution in [3.63, 3.8) is 0 Å². The van der Waals surface area contributed by atoms with Crippen LogP contribution >= 0.6 is 0 Å². The van der Waals surface area contributed by atoms with Gasteiger partial charge in [0.25, 0.3) is 0 Å². The number of piperidine rings is 1. The van der Waals surface area contributed by atoms with Crippen LogP contribution in [0.15, 0.2) is 24.3 Å². The first-order chi connectivity index (χ1) is 9.19. The van der Waals surface area contributed by atoms with Crippen molar-refractivity contribution in [2.24, 2.45) is 5.92 Å². The summed E-state index contributed by atoms with van der Waals surface area (Å²) in [5.74, 6) is 0.348. The average molecular weight is 265 g/mol. The number of halogens is 1. The Balaban J connectivity index is 1.77. The highest BCUT2D eigenvalue weighted by Gasteiger charge is 2.21. The van der Waals surface area contributed by atoms with Crippen LogP contribution < -0.4 is 0 Å². The van der Waals surface area contributed by atoms with Crippen molar-refractivity contribution < 1.29 is 9.50 Å². The molecule has 3 heteroatoms. The Morgan fingerprint density at radius 2 is 2.11 bits per heavy atom. The molecule has 0 saturated carbocycles. The first kappa shape index (κ1) is 14.5. The third kappa shape index (κ3) is 4.29. The largest absolute Gasteiger partial charge is 0.396 e. The number of likely N-dealkylation sites (tertiary alicyclic amines) is 1. The van der Waals surface area contributed by atoms with E-state index in [-0.39, 0.29) is 5.82 Å². The summed E-state index contributed by atoms with van der Waals surface area (Å²) in [6, 6.07) is 7.43. The van der Waals surface area contributed by atoms with Crippen LogP contribution in [0.2, 0.25) is 0 Å². The molecule has 0 aliphatic carbocycles. The summed E-state index contributed by atoms with van der Waals surface area (Å²) in [6.45, 7) is 4.73. The normalized spacial score (nSPS) is 19.5. The maximum absolute atomic E-state index is 13.1. The van der Waals surface area contributed by atoms with Crippen molar-refractivity contribution in [1.29, 1.82) is 0 Å². The molecule has 0 amide bonds. The molecular formula is C16H24FNO. The van der Waals surface area contributed by atoms with Crippen molar-refractivity contribution in [3.05, 3.63) is 35.6 Å². The minimum absolute atomic E-state index is 0.145. The number of aliphatic hydroxyl groups excluding tert-OH is 1. The van der Waals surface area contributed by atoms with E-state index in [9.17, 15) is 4.39 Å². The van der Waals surface area contributed by atoms with Gasteiger partial charge in [0, 0.05) is 12.6 Å². The molecule has 1 fully saturated rings. The molecule has 1 atom stereocenters. The molecule has 106 valence electrons. The summed E-state index contributed by atoms with van der Waals surface area (Å²) in [6.07, 6.45) is 4.19. The number of hydrogen-bond donors (Lipinski definition) is 1. The summed E-state index contributed by atoms with van der Waals surface area (Å²) in [4.78, 5) is 2.49. The average Bonchev–Trinajstić information content (AvgIpc) is 2.45. The van der Waals surface area contributed by atoms with Gasteiger partial charge in [-0.2, -0.15) is 0 Å². The number of aliphatic hydroxyl groups is 1. The third-order valence-corrected chi connectivity index (χ3v) is 4.27. The van der Waals surface area contributed by atoms with E-state index >= 15 is 0 Å². The van der Waals surface area contributed by atoms with Gasteiger partial charge >= 0.3 is 0 Å². The third-order valence-electron chi connectivity index (χ3n) is 4.27. The van der Waals surface area contributed by atoms with Crippen LogP contribution in [0.1, 0.15) is 31.7 Å². The minimum atomic E-state index is -0.145. The van der Waals surface area contributed by atoms with Gasteiger partial charge in [0.05, 0.1) is 0 Å². The van der Waals surface area contributed by atoms with Gasteiger partial charge in [0.2, 0.25) is 0 Å². The highest BCUT2D eigenvalue weighted by molar-refractivity contribution is 5.16. The number of hydrogen-bond acceptors (Lipinski definition) is 2. The maximum atomic E-state index is 13.1. The molecule has 1 aromatic rings. The molecule has 1 aliphatic rings. The van der Waals surface area contributed by atoms with E-state index in [4.69, 9.17) is 5.11 Å². The highest BCUT2D eigenvalue weighted by Crippen LogP contribution is 2.20. The van der Waals surface area contributed by atoms with Gasteiger partial charge < -0.3 is 10.0 Å².